The number of hydrogen-bond donors (Lipinski definition) is 2. The zero-order valence-electron chi connectivity index (χ0n) is 20.6. The molecule has 0 bridgehead atoms. The first-order valence-electron chi connectivity index (χ1n) is 12.1. The van der Waals surface area contributed by atoms with E-state index in [4.69, 9.17) is 16.3 Å². The third-order valence-corrected chi connectivity index (χ3v) is 6.29. The molecule has 39 heavy (non-hydrogen) atoms. The number of amides is 2. The first-order valence-corrected chi connectivity index (χ1v) is 12.4. The second-order valence-electron chi connectivity index (χ2n) is 8.60. The minimum absolute atomic E-state index is 0.270. The van der Waals surface area contributed by atoms with Gasteiger partial charge in [-0.25, -0.2) is 10.2 Å². The monoisotopic (exact) mass is 535 g/mol. The van der Waals surface area contributed by atoms with Crippen LogP contribution in [0.5, 0.6) is 5.75 Å². The van der Waals surface area contributed by atoms with Crippen LogP contribution in [0.25, 0.3) is 21.5 Å². The fourth-order valence-corrected chi connectivity index (χ4v) is 4.26. The van der Waals surface area contributed by atoms with Gasteiger partial charge in [-0.2, -0.15) is 5.10 Å². The molecule has 0 radical (unpaired) electrons. The summed E-state index contributed by atoms with van der Waals surface area (Å²) in [6.07, 6.45) is 1.41. The highest BCUT2D eigenvalue weighted by molar-refractivity contribution is 6.30. The minimum atomic E-state index is -0.559. The predicted molar refractivity (Wildman–Crippen MR) is 152 cm³/mol. The Labute approximate surface area is 229 Å². The van der Waals surface area contributed by atoms with Crippen molar-refractivity contribution in [3.05, 3.63) is 125 Å². The number of hydrogen-bond acceptors (Lipinski definition) is 5. The van der Waals surface area contributed by atoms with Crippen molar-refractivity contribution in [1.82, 2.24) is 10.7 Å². The molecule has 5 aromatic rings. The fraction of sp³-hybridized carbons (Fsp3) is 0.0323. The summed E-state index contributed by atoms with van der Waals surface area (Å²) in [6.45, 7) is -0.270. The van der Waals surface area contributed by atoms with E-state index >= 15 is 0 Å². The zero-order valence-corrected chi connectivity index (χ0v) is 21.3. The maximum absolute atomic E-state index is 12.7. The third kappa shape index (κ3) is 5.95. The van der Waals surface area contributed by atoms with E-state index in [1.807, 2.05) is 60.7 Å². The first kappa shape index (κ1) is 25.6. The molecule has 0 aliphatic carbocycles. The number of carbonyl (C=O) groups is 3. The van der Waals surface area contributed by atoms with Crippen LogP contribution in [0.15, 0.2) is 108 Å². The zero-order chi connectivity index (χ0) is 27.2. The Morgan fingerprint density at radius 1 is 0.769 bits per heavy atom. The molecule has 2 N–H and O–H groups in total. The van der Waals surface area contributed by atoms with E-state index in [1.54, 1.807) is 42.5 Å². The highest BCUT2D eigenvalue weighted by atomic mass is 35.5. The number of esters is 1. The first-order chi connectivity index (χ1) is 19.0. The number of benzene rings is 5. The topological polar surface area (TPSA) is 96.9 Å². The van der Waals surface area contributed by atoms with E-state index in [-0.39, 0.29) is 18.2 Å². The van der Waals surface area contributed by atoms with Crippen LogP contribution in [-0.4, -0.2) is 30.5 Å². The van der Waals surface area contributed by atoms with Crippen LogP contribution in [0.2, 0.25) is 5.02 Å². The summed E-state index contributed by atoms with van der Waals surface area (Å²) in [6, 6.07) is 30.3. The summed E-state index contributed by atoms with van der Waals surface area (Å²) in [7, 11) is 0. The van der Waals surface area contributed by atoms with Gasteiger partial charge in [-0.15, -0.1) is 0 Å². The lowest BCUT2D eigenvalue weighted by molar-refractivity contribution is -0.120. The Morgan fingerprint density at radius 2 is 1.44 bits per heavy atom. The van der Waals surface area contributed by atoms with Gasteiger partial charge in [0.05, 0.1) is 18.3 Å². The fourth-order valence-electron chi connectivity index (χ4n) is 4.13. The molecule has 0 saturated carbocycles. The Hall–Kier alpha value is -5.01. The summed E-state index contributed by atoms with van der Waals surface area (Å²) in [4.78, 5) is 37.9. The SMILES string of the molecule is O=C(CNC(=O)c1cccc2ccccc12)NN=Cc1c(OC(=O)c2ccc(Cl)cc2)ccc2ccccc12. The minimum Gasteiger partial charge on any atom is -0.422 e. The average molecular weight is 536 g/mol. The summed E-state index contributed by atoms with van der Waals surface area (Å²) in [5.74, 6) is -1.16. The van der Waals surface area contributed by atoms with Gasteiger partial charge in [0.2, 0.25) is 0 Å². The molecule has 0 saturated heterocycles. The van der Waals surface area contributed by atoms with Crippen molar-refractivity contribution in [2.75, 3.05) is 6.54 Å². The average Bonchev–Trinajstić information content (AvgIpc) is 2.96. The van der Waals surface area contributed by atoms with E-state index in [0.717, 1.165) is 21.5 Å². The molecule has 2 amide bonds. The molecule has 0 aliphatic rings. The number of carbonyl (C=O) groups excluding carboxylic acids is 3. The lowest BCUT2D eigenvalue weighted by Gasteiger charge is -2.11. The van der Waals surface area contributed by atoms with Gasteiger partial charge in [-0.05, 0) is 57.9 Å². The molecule has 7 nitrogen and oxygen atoms in total. The molecular formula is C31H22ClN3O4. The number of nitrogens with zero attached hydrogens (tertiary/aromatic N) is 1. The largest absolute Gasteiger partial charge is 0.422 e. The smallest absolute Gasteiger partial charge is 0.343 e. The molecule has 0 fully saturated rings. The molecule has 0 heterocycles. The lowest BCUT2D eigenvalue weighted by Crippen LogP contribution is -2.35. The van der Waals surface area contributed by atoms with Gasteiger partial charge >= 0.3 is 5.97 Å². The summed E-state index contributed by atoms with van der Waals surface area (Å²) < 4.78 is 5.66. The second-order valence-corrected chi connectivity index (χ2v) is 9.03. The predicted octanol–water partition coefficient (Wildman–Crippen LogP) is 5.75. The van der Waals surface area contributed by atoms with Gasteiger partial charge in [0.15, 0.2) is 0 Å². The Kier molecular flexibility index (Phi) is 7.61. The summed E-state index contributed by atoms with van der Waals surface area (Å²) >= 11 is 5.92. The Balaban J connectivity index is 1.29. The van der Waals surface area contributed by atoms with Crippen molar-refractivity contribution in [3.63, 3.8) is 0 Å². The molecule has 192 valence electrons. The molecule has 0 unspecified atom stereocenters. The second kappa shape index (κ2) is 11.6. The van der Waals surface area contributed by atoms with E-state index in [2.05, 4.69) is 15.8 Å². The number of rotatable bonds is 7. The number of nitrogens with one attached hydrogen (secondary N) is 2. The molecule has 0 spiro atoms. The van der Waals surface area contributed by atoms with Crippen molar-refractivity contribution < 1.29 is 19.1 Å². The van der Waals surface area contributed by atoms with Crippen molar-refractivity contribution in [1.29, 1.82) is 0 Å². The number of ether oxygens (including phenoxy) is 1. The lowest BCUT2D eigenvalue weighted by atomic mass is 10.0. The van der Waals surface area contributed by atoms with Gasteiger partial charge in [-0.1, -0.05) is 78.3 Å². The quantitative estimate of drug-likeness (QED) is 0.120. The molecule has 5 rings (SSSR count). The molecular weight excluding hydrogens is 514 g/mol. The highest BCUT2D eigenvalue weighted by Crippen LogP contribution is 2.27. The van der Waals surface area contributed by atoms with Crippen LogP contribution in [0, 0.1) is 0 Å². The van der Waals surface area contributed by atoms with Crippen molar-refractivity contribution in [2.24, 2.45) is 5.10 Å². The van der Waals surface area contributed by atoms with Crippen LogP contribution in [0.1, 0.15) is 26.3 Å². The van der Waals surface area contributed by atoms with E-state index in [9.17, 15) is 14.4 Å². The van der Waals surface area contributed by atoms with E-state index in [0.29, 0.717) is 21.7 Å². The van der Waals surface area contributed by atoms with Gasteiger partial charge in [0.1, 0.15) is 5.75 Å². The van der Waals surface area contributed by atoms with Gasteiger partial charge in [0, 0.05) is 16.1 Å². The van der Waals surface area contributed by atoms with E-state index in [1.165, 1.54) is 6.21 Å². The molecule has 0 aromatic heterocycles. The Bertz CT molecular complexity index is 1730. The van der Waals surface area contributed by atoms with Crippen LogP contribution in [-0.2, 0) is 4.79 Å². The van der Waals surface area contributed by atoms with Crippen molar-refractivity contribution in [2.45, 2.75) is 0 Å². The number of fused-ring (bicyclic) bond motifs is 2. The highest BCUT2D eigenvalue weighted by Gasteiger charge is 2.14. The van der Waals surface area contributed by atoms with Gasteiger partial charge in [0.25, 0.3) is 11.8 Å². The maximum Gasteiger partial charge on any atom is 0.343 e. The van der Waals surface area contributed by atoms with Crippen LogP contribution in [0.4, 0.5) is 0 Å². The van der Waals surface area contributed by atoms with Crippen LogP contribution in [0.3, 0.4) is 0 Å². The van der Waals surface area contributed by atoms with Crippen LogP contribution >= 0.6 is 11.6 Å². The molecule has 0 aliphatic heterocycles. The number of hydrazone groups is 1. The molecule has 0 atom stereocenters. The van der Waals surface area contributed by atoms with Crippen molar-refractivity contribution >= 4 is 57.1 Å². The van der Waals surface area contributed by atoms with Crippen LogP contribution < -0.4 is 15.5 Å². The Morgan fingerprint density at radius 3 is 2.21 bits per heavy atom. The molecule has 8 heteroatoms. The standard InChI is InChI=1S/C31H22ClN3O4/c32-23-15-12-22(13-16-23)31(38)39-28-17-14-21-7-2-4-10-25(21)27(28)18-34-35-29(36)19-33-30(37)26-11-5-8-20-6-1-3-9-24(20)26/h1-18H,19H2,(H,33,37)(H,35,36). The van der Waals surface area contributed by atoms with Gasteiger partial charge < -0.3 is 10.1 Å². The maximum atomic E-state index is 12.7. The van der Waals surface area contributed by atoms with Crippen molar-refractivity contribution in [3.8, 4) is 5.75 Å². The number of halogens is 1. The van der Waals surface area contributed by atoms with E-state index < -0.39 is 11.9 Å². The normalized spacial score (nSPS) is 11.0. The summed E-state index contributed by atoms with van der Waals surface area (Å²) in [5, 5.41) is 10.6. The molecule has 5 aromatic carbocycles. The summed E-state index contributed by atoms with van der Waals surface area (Å²) in [5.41, 5.74) is 3.75. The third-order valence-electron chi connectivity index (χ3n) is 6.04. The van der Waals surface area contributed by atoms with Gasteiger partial charge in [-0.3, -0.25) is 9.59 Å².